The molecule has 1 amide bonds. The van der Waals surface area contributed by atoms with Crippen LogP contribution in [-0.4, -0.2) is 35.8 Å². The lowest BCUT2D eigenvalue weighted by atomic mass is 9.98. The van der Waals surface area contributed by atoms with Gasteiger partial charge in [0.05, 0.1) is 25.0 Å². The number of nitrogens with zero attached hydrogens (tertiary/aromatic N) is 1. The second kappa shape index (κ2) is 8.25. The van der Waals surface area contributed by atoms with Crippen LogP contribution in [0, 0.1) is 27.7 Å². The number of amides is 1. The van der Waals surface area contributed by atoms with Gasteiger partial charge < -0.3 is 33.5 Å². The van der Waals surface area contributed by atoms with Gasteiger partial charge in [0.25, 0.3) is 0 Å². The summed E-state index contributed by atoms with van der Waals surface area (Å²) in [6.07, 6.45) is -0.317. The molecule has 0 N–H and O–H groups in total. The number of carboxylic acids is 2. The first kappa shape index (κ1) is 22.1. The van der Waals surface area contributed by atoms with Crippen LogP contribution in [0.4, 0.5) is 0 Å². The Hall–Kier alpha value is -3.62. The highest BCUT2D eigenvalue weighted by atomic mass is 16.4. The summed E-state index contributed by atoms with van der Waals surface area (Å²) in [6.45, 7) is 5.57. The molecule has 31 heavy (non-hydrogen) atoms. The number of furan rings is 1. The van der Waals surface area contributed by atoms with E-state index in [1.165, 1.54) is 0 Å². The molecule has 3 aromatic rings. The fourth-order valence-corrected chi connectivity index (χ4v) is 3.72. The van der Waals surface area contributed by atoms with Gasteiger partial charge in [0.1, 0.15) is 16.9 Å². The van der Waals surface area contributed by atoms with Crippen LogP contribution in [0.2, 0.25) is 0 Å². The molecule has 9 nitrogen and oxygen atoms in total. The number of benzene rings is 1. The summed E-state index contributed by atoms with van der Waals surface area (Å²) in [7, 11) is 0. The number of aliphatic carboxylic acids is 2. The molecule has 3 rings (SSSR count). The molecular weight excluding hydrogens is 406 g/mol. The van der Waals surface area contributed by atoms with Crippen molar-refractivity contribution in [2.45, 2.75) is 40.5 Å². The summed E-state index contributed by atoms with van der Waals surface area (Å²) in [5, 5.41) is 23.2. The largest absolute Gasteiger partial charge is 0.548 e. The predicted molar refractivity (Wildman–Crippen MR) is 106 cm³/mol. The van der Waals surface area contributed by atoms with Gasteiger partial charge in [-0.25, -0.2) is 4.79 Å². The maximum absolute atomic E-state index is 12.6. The third-order valence-electron chi connectivity index (χ3n) is 5.53. The van der Waals surface area contributed by atoms with Gasteiger partial charge in [-0.3, -0.25) is 4.79 Å². The third-order valence-corrected chi connectivity index (χ3v) is 5.53. The van der Waals surface area contributed by atoms with Crippen LogP contribution in [0.1, 0.15) is 34.4 Å². The van der Waals surface area contributed by atoms with Crippen molar-refractivity contribution in [1.29, 1.82) is 0 Å². The van der Waals surface area contributed by atoms with Crippen molar-refractivity contribution in [1.82, 2.24) is 4.90 Å². The topological polar surface area (TPSA) is 144 Å². The van der Waals surface area contributed by atoms with Crippen molar-refractivity contribution in [3.8, 4) is 0 Å². The monoisotopic (exact) mass is 427 g/mol. The van der Waals surface area contributed by atoms with Crippen molar-refractivity contribution in [2.24, 2.45) is 0 Å². The first-order valence-corrected chi connectivity index (χ1v) is 9.64. The first-order valence-electron chi connectivity index (χ1n) is 9.64. The van der Waals surface area contributed by atoms with E-state index in [0.717, 1.165) is 16.7 Å². The van der Waals surface area contributed by atoms with E-state index in [9.17, 15) is 29.4 Å². The van der Waals surface area contributed by atoms with Gasteiger partial charge in [-0.05, 0) is 51.3 Å². The Morgan fingerprint density at radius 2 is 1.42 bits per heavy atom. The Morgan fingerprint density at radius 3 is 2.00 bits per heavy atom. The molecule has 9 heteroatoms. The molecule has 0 atom stereocenters. The van der Waals surface area contributed by atoms with Crippen LogP contribution in [0.5, 0.6) is 0 Å². The lowest BCUT2D eigenvalue weighted by molar-refractivity contribution is -0.309. The summed E-state index contributed by atoms with van der Waals surface area (Å²) in [5.41, 5.74) is 2.99. The quantitative estimate of drug-likeness (QED) is 0.481. The standard InChI is InChI=1S/C22H23NO8/c1-10-13(4)30-20-12(3)21-16(7-15(10)20)11(2)14(22(29)31-21)5-6-17(24)23(8-18(25)26)9-19(27)28/h7H,5-6,8-9H2,1-4H3,(H,25,26)(H,27,28)/p-2. The normalized spacial score (nSPS) is 11.2. The van der Waals surface area contributed by atoms with E-state index in [4.69, 9.17) is 8.83 Å². The number of fused-ring (bicyclic) bond motifs is 2. The van der Waals surface area contributed by atoms with Crippen molar-refractivity contribution in [3.05, 3.63) is 44.5 Å². The van der Waals surface area contributed by atoms with Crippen molar-refractivity contribution in [2.75, 3.05) is 13.1 Å². The molecule has 0 aliphatic rings. The van der Waals surface area contributed by atoms with Crippen LogP contribution in [0.3, 0.4) is 0 Å². The molecule has 0 fully saturated rings. The maximum Gasteiger partial charge on any atom is 0.339 e. The number of hydrogen-bond donors (Lipinski definition) is 0. The molecule has 1 aromatic carbocycles. The van der Waals surface area contributed by atoms with Crippen LogP contribution in [0.25, 0.3) is 21.9 Å². The van der Waals surface area contributed by atoms with Gasteiger partial charge in [-0.1, -0.05) is 0 Å². The molecule has 164 valence electrons. The van der Waals surface area contributed by atoms with E-state index < -0.39 is 36.6 Å². The zero-order valence-corrected chi connectivity index (χ0v) is 17.6. The number of carboxylic acid groups (broad SMARTS) is 2. The third kappa shape index (κ3) is 4.16. The minimum atomic E-state index is -1.60. The van der Waals surface area contributed by atoms with Crippen LogP contribution in [0.15, 0.2) is 19.7 Å². The molecule has 2 aromatic heterocycles. The van der Waals surface area contributed by atoms with Crippen LogP contribution in [-0.2, 0) is 20.8 Å². The second-order valence-electron chi connectivity index (χ2n) is 7.53. The van der Waals surface area contributed by atoms with E-state index in [0.29, 0.717) is 32.6 Å². The molecule has 0 spiro atoms. The Balaban J connectivity index is 1.99. The number of carbonyl (C=O) groups is 3. The van der Waals surface area contributed by atoms with Gasteiger partial charge in [0, 0.05) is 28.3 Å². The fourth-order valence-electron chi connectivity index (χ4n) is 3.72. The summed E-state index contributed by atoms with van der Waals surface area (Å²) >= 11 is 0. The summed E-state index contributed by atoms with van der Waals surface area (Å²) in [4.78, 5) is 47.2. The predicted octanol–water partition coefficient (Wildman–Crippen LogP) is 0.0339. The molecule has 0 aliphatic carbocycles. The van der Waals surface area contributed by atoms with Gasteiger partial charge in [-0.15, -0.1) is 0 Å². The number of hydrogen-bond acceptors (Lipinski definition) is 8. The van der Waals surface area contributed by atoms with Gasteiger partial charge in [0.15, 0.2) is 0 Å². The van der Waals surface area contributed by atoms with E-state index in [-0.39, 0.29) is 18.4 Å². The molecule has 0 unspecified atom stereocenters. The van der Waals surface area contributed by atoms with Gasteiger partial charge in [0.2, 0.25) is 5.91 Å². The Bertz CT molecular complexity index is 1260. The SMILES string of the molecule is Cc1oc2c(C)c3oc(=O)c(CCC(=O)N(CC(=O)[O-])CC(=O)[O-])c(C)c3cc2c1C. The zero-order chi connectivity index (χ0) is 23.0. The van der Waals surface area contributed by atoms with Crippen molar-refractivity contribution >= 4 is 39.8 Å². The van der Waals surface area contributed by atoms with E-state index in [2.05, 4.69) is 0 Å². The fraction of sp³-hybridized carbons (Fsp3) is 0.364. The smallest absolute Gasteiger partial charge is 0.339 e. The van der Waals surface area contributed by atoms with E-state index >= 15 is 0 Å². The molecule has 0 radical (unpaired) electrons. The highest BCUT2D eigenvalue weighted by Crippen LogP contribution is 2.34. The summed E-state index contributed by atoms with van der Waals surface area (Å²) < 4.78 is 11.3. The highest BCUT2D eigenvalue weighted by Gasteiger charge is 2.20. The Kier molecular flexibility index (Phi) is 5.88. The first-order chi connectivity index (χ1) is 14.5. The molecule has 2 heterocycles. The number of aryl methyl sites for hydroxylation is 4. The van der Waals surface area contributed by atoms with Crippen molar-refractivity contribution in [3.63, 3.8) is 0 Å². The minimum absolute atomic E-state index is 0.0416. The molecule has 0 saturated carbocycles. The number of rotatable bonds is 7. The summed E-state index contributed by atoms with van der Waals surface area (Å²) in [6, 6.07) is 1.88. The molecule has 0 aliphatic heterocycles. The molecule has 0 bridgehead atoms. The Labute approximate surface area is 176 Å². The highest BCUT2D eigenvalue weighted by molar-refractivity contribution is 6.00. The number of carbonyl (C=O) groups excluding carboxylic acids is 3. The van der Waals surface area contributed by atoms with Crippen LogP contribution >= 0.6 is 0 Å². The molecule has 0 saturated heterocycles. The van der Waals surface area contributed by atoms with Crippen molar-refractivity contribution < 1.29 is 33.4 Å². The van der Waals surface area contributed by atoms with E-state index in [1.54, 1.807) is 13.8 Å². The Morgan fingerprint density at radius 1 is 0.871 bits per heavy atom. The minimum Gasteiger partial charge on any atom is -0.548 e. The van der Waals surface area contributed by atoms with E-state index in [1.807, 2.05) is 19.9 Å². The lowest BCUT2D eigenvalue weighted by Gasteiger charge is -2.23. The lowest BCUT2D eigenvalue weighted by Crippen LogP contribution is -2.47. The van der Waals surface area contributed by atoms with Crippen LogP contribution < -0.4 is 15.8 Å². The van der Waals surface area contributed by atoms with Gasteiger partial charge >= 0.3 is 5.63 Å². The molecular formula is C22H21NO8-2. The summed E-state index contributed by atoms with van der Waals surface area (Å²) in [5.74, 6) is -3.18. The second-order valence-corrected chi connectivity index (χ2v) is 7.53. The zero-order valence-electron chi connectivity index (χ0n) is 17.6. The average molecular weight is 427 g/mol. The maximum atomic E-state index is 12.6. The van der Waals surface area contributed by atoms with Gasteiger partial charge in [-0.2, -0.15) is 0 Å². The average Bonchev–Trinajstić information content (AvgIpc) is 2.96.